The molecule has 4 rings (SSSR count). The first-order chi connectivity index (χ1) is 12.6. The molecule has 2 amide bonds. The highest BCUT2D eigenvalue weighted by Crippen LogP contribution is 2.24. The summed E-state index contributed by atoms with van der Waals surface area (Å²) >= 11 is 0. The molecule has 26 heavy (non-hydrogen) atoms. The number of nitrogens with zero attached hydrogens (tertiary/aromatic N) is 4. The van der Waals surface area contributed by atoms with Crippen molar-refractivity contribution in [3.05, 3.63) is 47.4 Å². The van der Waals surface area contributed by atoms with Gasteiger partial charge in [0.1, 0.15) is 17.8 Å². The van der Waals surface area contributed by atoms with Gasteiger partial charge in [-0.3, -0.25) is 9.59 Å². The molecule has 1 aliphatic heterocycles. The largest absolute Gasteiger partial charge is 0.469 e. The molecule has 0 radical (unpaired) electrons. The van der Waals surface area contributed by atoms with Crippen LogP contribution in [0.15, 0.2) is 29.1 Å². The van der Waals surface area contributed by atoms with Gasteiger partial charge in [0.2, 0.25) is 5.91 Å². The summed E-state index contributed by atoms with van der Waals surface area (Å²) in [5, 5.41) is 0. The average Bonchev–Trinajstić information content (AvgIpc) is 3.37. The van der Waals surface area contributed by atoms with E-state index in [1.807, 2.05) is 13.0 Å². The fourth-order valence-electron chi connectivity index (χ4n) is 3.76. The average molecular weight is 354 g/mol. The van der Waals surface area contributed by atoms with E-state index in [0.29, 0.717) is 37.6 Å². The summed E-state index contributed by atoms with van der Waals surface area (Å²) in [4.78, 5) is 37.6. The summed E-state index contributed by atoms with van der Waals surface area (Å²) in [6, 6.07) is 3.61. The first-order valence-corrected chi connectivity index (χ1v) is 9.09. The van der Waals surface area contributed by atoms with Gasteiger partial charge in [-0.1, -0.05) is 0 Å². The van der Waals surface area contributed by atoms with Gasteiger partial charge in [-0.15, -0.1) is 0 Å². The maximum absolute atomic E-state index is 12.9. The topological polar surface area (TPSA) is 79.5 Å². The highest BCUT2D eigenvalue weighted by molar-refractivity contribution is 5.94. The van der Waals surface area contributed by atoms with Gasteiger partial charge in [-0.05, 0) is 38.3 Å². The molecule has 0 N–H and O–H groups in total. The minimum atomic E-state index is -0.308. The number of hydrogen-bond acceptors (Lipinski definition) is 5. The number of carbonyl (C=O) groups is 2. The van der Waals surface area contributed by atoms with E-state index in [9.17, 15) is 9.59 Å². The molecule has 0 aromatic carbocycles. The van der Waals surface area contributed by atoms with Crippen LogP contribution in [0.1, 0.15) is 46.8 Å². The Bertz CT molecular complexity index is 810. The number of furan rings is 1. The lowest BCUT2D eigenvalue weighted by Gasteiger charge is -2.35. The normalized spacial score (nSPS) is 17.9. The van der Waals surface area contributed by atoms with E-state index in [1.165, 1.54) is 6.33 Å². The van der Waals surface area contributed by atoms with Crippen molar-refractivity contribution >= 4 is 11.8 Å². The summed E-state index contributed by atoms with van der Waals surface area (Å²) in [5.74, 6) is 0.356. The first-order valence-electron chi connectivity index (χ1n) is 9.09. The van der Waals surface area contributed by atoms with Crippen LogP contribution < -0.4 is 0 Å². The number of rotatable bonds is 3. The third-order valence-corrected chi connectivity index (χ3v) is 5.30. The predicted molar refractivity (Wildman–Crippen MR) is 93.7 cm³/mol. The van der Waals surface area contributed by atoms with Crippen LogP contribution in [0.5, 0.6) is 0 Å². The lowest BCUT2D eigenvalue weighted by Crippen LogP contribution is -2.51. The number of hydrogen-bond donors (Lipinski definition) is 0. The monoisotopic (exact) mass is 354 g/mol. The van der Waals surface area contributed by atoms with Gasteiger partial charge in [0.15, 0.2) is 0 Å². The minimum absolute atomic E-state index is 0.0370. The van der Waals surface area contributed by atoms with Crippen molar-refractivity contribution in [1.29, 1.82) is 0 Å². The van der Waals surface area contributed by atoms with E-state index in [4.69, 9.17) is 4.42 Å². The van der Waals surface area contributed by atoms with Crippen LogP contribution in [0.3, 0.4) is 0 Å². The lowest BCUT2D eigenvalue weighted by molar-refractivity contribution is -0.134. The van der Waals surface area contributed by atoms with Crippen molar-refractivity contribution in [1.82, 2.24) is 19.8 Å². The molecular formula is C19H22N4O3. The molecule has 2 aromatic rings. The summed E-state index contributed by atoms with van der Waals surface area (Å²) in [7, 11) is 0. The number of aryl methyl sites for hydroxylation is 1. The van der Waals surface area contributed by atoms with Crippen molar-refractivity contribution in [3.8, 4) is 0 Å². The van der Waals surface area contributed by atoms with Gasteiger partial charge in [-0.25, -0.2) is 9.97 Å². The van der Waals surface area contributed by atoms with E-state index in [1.54, 1.807) is 22.1 Å². The third kappa shape index (κ3) is 2.98. The highest BCUT2D eigenvalue weighted by atomic mass is 16.3. The molecule has 2 aliphatic rings. The van der Waals surface area contributed by atoms with E-state index < -0.39 is 0 Å². The second-order valence-corrected chi connectivity index (χ2v) is 6.86. The zero-order chi connectivity index (χ0) is 18.1. The molecule has 7 heteroatoms. The third-order valence-electron chi connectivity index (χ3n) is 5.30. The molecule has 1 aliphatic carbocycles. The Labute approximate surface area is 152 Å². The second-order valence-electron chi connectivity index (χ2n) is 6.86. The molecule has 2 aromatic heterocycles. The Balaban J connectivity index is 1.40. The molecular weight excluding hydrogens is 332 g/mol. The standard InChI is InChI=1S/C19H22N4O3/c1-13(16-6-3-11-26-16)18(24)22-7-9-23(10-8-22)19(25)17-14-4-2-5-15(14)20-12-21-17/h3,6,11-13H,2,4-5,7-10H2,1H3. The number of fused-ring (bicyclic) bond motifs is 1. The number of amides is 2. The molecule has 7 nitrogen and oxygen atoms in total. The van der Waals surface area contributed by atoms with Crippen molar-refractivity contribution < 1.29 is 14.0 Å². The van der Waals surface area contributed by atoms with Crippen molar-refractivity contribution in [2.75, 3.05) is 26.2 Å². The fraction of sp³-hybridized carbons (Fsp3) is 0.474. The van der Waals surface area contributed by atoms with E-state index in [0.717, 1.165) is 30.5 Å². The zero-order valence-corrected chi connectivity index (χ0v) is 14.9. The SMILES string of the molecule is CC(C(=O)N1CCN(C(=O)c2ncnc3c2CCC3)CC1)c1ccco1. The first kappa shape index (κ1) is 16.8. The van der Waals surface area contributed by atoms with Gasteiger partial charge >= 0.3 is 0 Å². The Hall–Kier alpha value is -2.70. The quantitative estimate of drug-likeness (QED) is 0.837. The highest BCUT2D eigenvalue weighted by Gasteiger charge is 2.31. The van der Waals surface area contributed by atoms with Gasteiger partial charge < -0.3 is 14.2 Å². The number of piperazine rings is 1. The Morgan fingerprint density at radius 3 is 2.62 bits per heavy atom. The molecule has 1 unspecified atom stereocenters. The van der Waals surface area contributed by atoms with Crippen LogP contribution in [-0.2, 0) is 17.6 Å². The molecule has 0 bridgehead atoms. The van der Waals surface area contributed by atoms with E-state index >= 15 is 0 Å². The van der Waals surface area contributed by atoms with Crippen LogP contribution >= 0.6 is 0 Å². The van der Waals surface area contributed by atoms with Crippen LogP contribution in [0.25, 0.3) is 0 Å². The van der Waals surface area contributed by atoms with Crippen molar-refractivity contribution in [2.45, 2.75) is 32.1 Å². The Morgan fingerprint density at radius 2 is 1.88 bits per heavy atom. The van der Waals surface area contributed by atoms with E-state index in [-0.39, 0.29) is 17.7 Å². The number of carbonyl (C=O) groups excluding carboxylic acids is 2. The zero-order valence-electron chi connectivity index (χ0n) is 14.9. The van der Waals surface area contributed by atoms with E-state index in [2.05, 4.69) is 9.97 Å². The Morgan fingerprint density at radius 1 is 1.12 bits per heavy atom. The van der Waals surface area contributed by atoms with Crippen molar-refractivity contribution in [2.24, 2.45) is 0 Å². The van der Waals surface area contributed by atoms with Crippen LogP contribution in [0, 0.1) is 0 Å². The summed E-state index contributed by atoms with van der Waals surface area (Å²) < 4.78 is 5.34. The lowest BCUT2D eigenvalue weighted by atomic mass is 10.1. The molecule has 1 saturated heterocycles. The molecule has 3 heterocycles. The maximum Gasteiger partial charge on any atom is 0.272 e. The molecule has 1 fully saturated rings. The Kier molecular flexibility index (Phi) is 4.44. The molecule has 136 valence electrons. The maximum atomic E-state index is 12.9. The fourth-order valence-corrected chi connectivity index (χ4v) is 3.76. The minimum Gasteiger partial charge on any atom is -0.469 e. The van der Waals surface area contributed by atoms with Gasteiger partial charge in [0.25, 0.3) is 5.91 Å². The summed E-state index contributed by atoms with van der Waals surface area (Å²) in [5.41, 5.74) is 2.54. The van der Waals surface area contributed by atoms with Crippen LogP contribution in [-0.4, -0.2) is 57.8 Å². The molecule has 1 atom stereocenters. The molecule has 0 spiro atoms. The second kappa shape index (κ2) is 6.90. The summed E-state index contributed by atoms with van der Waals surface area (Å²) in [6.07, 6.45) is 5.89. The predicted octanol–water partition coefficient (Wildman–Crippen LogP) is 1.65. The smallest absolute Gasteiger partial charge is 0.272 e. The van der Waals surface area contributed by atoms with Crippen LogP contribution in [0.4, 0.5) is 0 Å². The van der Waals surface area contributed by atoms with Gasteiger partial charge in [-0.2, -0.15) is 0 Å². The van der Waals surface area contributed by atoms with Crippen molar-refractivity contribution in [3.63, 3.8) is 0 Å². The van der Waals surface area contributed by atoms with Gasteiger partial charge in [0.05, 0.1) is 12.2 Å². The summed E-state index contributed by atoms with van der Waals surface area (Å²) in [6.45, 7) is 3.96. The molecule has 0 saturated carbocycles. The number of aromatic nitrogens is 2. The van der Waals surface area contributed by atoms with Gasteiger partial charge in [0, 0.05) is 37.4 Å². The van der Waals surface area contributed by atoms with Crippen LogP contribution in [0.2, 0.25) is 0 Å².